The molecular weight excluding hydrogens is 828 g/mol. The van der Waals surface area contributed by atoms with E-state index in [-0.39, 0.29) is 30.4 Å². The molecule has 0 aliphatic carbocycles. The summed E-state index contributed by atoms with van der Waals surface area (Å²) in [5, 5.41) is 9.69. The lowest BCUT2D eigenvalue weighted by atomic mass is 9.78. The second-order valence-corrected chi connectivity index (χ2v) is 18.1. The minimum Gasteiger partial charge on any atom is -0.402 e. The molecule has 61 heavy (non-hydrogen) atoms. The number of methoxy groups -OCH3 is 1. The molecule has 0 saturated heterocycles. The van der Waals surface area contributed by atoms with E-state index in [0.717, 1.165) is 28.8 Å². The molecule has 17 heteroatoms. The second-order valence-electron chi connectivity index (χ2n) is 15.3. The van der Waals surface area contributed by atoms with E-state index in [1.165, 1.54) is 25.3 Å². The highest BCUT2D eigenvalue weighted by atomic mass is 31.2. The summed E-state index contributed by atoms with van der Waals surface area (Å²) in [6.07, 6.45) is 0.732. The van der Waals surface area contributed by atoms with E-state index >= 15 is 0 Å². The molecule has 0 aliphatic rings. The topological polar surface area (TPSA) is 186 Å². The van der Waals surface area contributed by atoms with Crippen LogP contribution in [0.3, 0.4) is 0 Å². The van der Waals surface area contributed by atoms with Crippen LogP contribution in [0.2, 0.25) is 0 Å². The first-order chi connectivity index (χ1) is 29.0. The molecule has 0 saturated carbocycles. The van der Waals surface area contributed by atoms with Crippen molar-refractivity contribution in [1.82, 2.24) is 20.0 Å². The second kappa shape index (κ2) is 17.6. The normalized spacial score (nSPS) is 14.1. The molecule has 2 unspecified atom stereocenters. The van der Waals surface area contributed by atoms with Crippen LogP contribution in [0.25, 0.3) is 33.1 Å². The quantitative estimate of drug-likeness (QED) is 0.0503. The molecule has 0 bridgehead atoms. The van der Waals surface area contributed by atoms with Crippen LogP contribution in [0.5, 0.6) is 5.75 Å². The van der Waals surface area contributed by atoms with Crippen LogP contribution < -0.4 is 4.52 Å². The zero-order valence-corrected chi connectivity index (χ0v) is 35.2. The molecule has 0 radical (unpaired) electrons. The Hall–Kier alpha value is -5.21. The van der Waals surface area contributed by atoms with Gasteiger partial charge in [-0.2, -0.15) is 8.78 Å². The molecule has 7 rings (SSSR count). The standard InChI is InChI=1S/C44H44F2N4O9P2/c1-29(2)23-40(58-28-57-3)38-22-19-33-24-34(25-41(42(33)47-38)59-61(54,55)56)32-17-13-30(14-18-32)26-43(35-9-5-4-6-10-35,50-39-12-8-7-11-37(39)48-49-50)27-31-15-20-36(21-16-31)44(45,46)60(51,52)53/h4-22,24-25,29,40H,23,26-28H2,1-3H3,(H2,51,52,53)(H2,54,55,56). The number of nitrogens with zero attached hydrogens (tertiary/aromatic N) is 4. The van der Waals surface area contributed by atoms with Gasteiger partial charge in [-0.05, 0) is 70.5 Å². The smallest absolute Gasteiger partial charge is 0.402 e. The van der Waals surface area contributed by atoms with E-state index < -0.39 is 38.3 Å². The zero-order chi connectivity index (χ0) is 43.6. The van der Waals surface area contributed by atoms with Gasteiger partial charge in [-0.15, -0.1) is 5.10 Å². The molecule has 2 atom stereocenters. The van der Waals surface area contributed by atoms with Gasteiger partial charge in [0, 0.05) is 30.9 Å². The number of rotatable bonds is 17. The minimum absolute atomic E-state index is 0.0379. The highest BCUT2D eigenvalue weighted by molar-refractivity contribution is 7.52. The van der Waals surface area contributed by atoms with E-state index in [9.17, 15) is 37.5 Å². The molecule has 7 aromatic rings. The molecule has 0 fully saturated rings. The maximum absolute atomic E-state index is 14.7. The first-order valence-electron chi connectivity index (χ1n) is 19.3. The van der Waals surface area contributed by atoms with Crippen molar-refractivity contribution in [2.75, 3.05) is 13.9 Å². The van der Waals surface area contributed by atoms with Gasteiger partial charge in [0.1, 0.15) is 23.9 Å². The van der Waals surface area contributed by atoms with Gasteiger partial charge in [0.25, 0.3) is 0 Å². The Kier molecular flexibility index (Phi) is 12.7. The van der Waals surface area contributed by atoms with Crippen LogP contribution in [-0.2, 0) is 42.6 Å². The third-order valence-corrected chi connectivity index (χ3v) is 11.8. The van der Waals surface area contributed by atoms with Crippen molar-refractivity contribution >= 4 is 37.4 Å². The molecule has 5 aromatic carbocycles. The van der Waals surface area contributed by atoms with Gasteiger partial charge < -0.3 is 23.8 Å². The van der Waals surface area contributed by atoms with Crippen molar-refractivity contribution < 1.29 is 51.5 Å². The van der Waals surface area contributed by atoms with Crippen LogP contribution in [0.1, 0.15) is 54.3 Å². The van der Waals surface area contributed by atoms with E-state index in [0.29, 0.717) is 46.1 Å². The van der Waals surface area contributed by atoms with Crippen molar-refractivity contribution in [2.45, 2.75) is 50.4 Å². The van der Waals surface area contributed by atoms with Crippen LogP contribution in [0.15, 0.2) is 127 Å². The molecule has 13 nitrogen and oxygen atoms in total. The van der Waals surface area contributed by atoms with Crippen molar-refractivity contribution in [3.8, 4) is 16.9 Å². The van der Waals surface area contributed by atoms with E-state index in [1.807, 2.05) is 116 Å². The van der Waals surface area contributed by atoms with Crippen LogP contribution in [-0.4, -0.2) is 53.5 Å². The summed E-state index contributed by atoms with van der Waals surface area (Å²) in [4.78, 5) is 43.3. The summed E-state index contributed by atoms with van der Waals surface area (Å²) < 4.78 is 71.4. The third-order valence-electron chi connectivity index (χ3n) is 10.4. The zero-order valence-electron chi connectivity index (χ0n) is 33.4. The Labute approximate surface area is 350 Å². The van der Waals surface area contributed by atoms with Gasteiger partial charge in [0.15, 0.2) is 5.75 Å². The van der Waals surface area contributed by atoms with Crippen molar-refractivity contribution in [1.29, 1.82) is 0 Å². The van der Waals surface area contributed by atoms with Crippen LogP contribution in [0.4, 0.5) is 8.78 Å². The van der Waals surface area contributed by atoms with Gasteiger partial charge in [-0.25, -0.2) is 14.2 Å². The van der Waals surface area contributed by atoms with Crippen LogP contribution in [0, 0.1) is 5.92 Å². The maximum Gasteiger partial charge on any atom is 0.524 e. The highest BCUT2D eigenvalue weighted by Gasteiger charge is 2.50. The van der Waals surface area contributed by atoms with E-state index in [1.54, 1.807) is 0 Å². The largest absolute Gasteiger partial charge is 0.524 e. The summed E-state index contributed by atoms with van der Waals surface area (Å²) in [6, 6.07) is 36.6. The first kappa shape index (κ1) is 43.9. The minimum atomic E-state index is -5.78. The van der Waals surface area contributed by atoms with Gasteiger partial charge in [0.05, 0.1) is 16.7 Å². The Morgan fingerprint density at radius 2 is 1.39 bits per heavy atom. The fourth-order valence-corrected chi connectivity index (χ4v) is 8.45. The molecule has 2 heterocycles. The van der Waals surface area contributed by atoms with Crippen LogP contribution >= 0.6 is 15.4 Å². The fourth-order valence-electron chi connectivity index (χ4n) is 7.57. The number of halogens is 2. The number of benzene rings is 5. The van der Waals surface area contributed by atoms with Crippen molar-refractivity contribution in [3.63, 3.8) is 0 Å². The summed E-state index contributed by atoms with van der Waals surface area (Å²) >= 11 is 0. The maximum atomic E-state index is 14.7. The van der Waals surface area contributed by atoms with Gasteiger partial charge in [0.2, 0.25) is 0 Å². The number of para-hydroxylation sites is 1. The summed E-state index contributed by atoms with van der Waals surface area (Å²) in [6.45, 7) is 4.13. The lowest BCUT2D eigenvalue weighted by molar-refractivity contribution is -0.0805. The third kappa shape index (κ3) is 9.65. The highest BCUT2D eigenvalue weighted by Crippen LogP contribution is 2.59. The predicted octanol–water partition coefficient (Wildman–Crippen LogP) is 9.28. The Morgan fingerprint density at radius 3 is 2.02 bits per heavy atom. The summed E-state index contributed by atoms with van der Waals surface area (Å²) in [7, 11) is -9.27. The number of pyridine rings is 1. The molecule has 4 N–H and O–H groups in total. The number of aromatic nitrogens is 4. The average Bonchev–Trinajstić information content (AvgIpc) is 3.66. The van der Waals surface area contributed by atoms with Crippen molar-refractivity contribution in [2.24, 2.45) is 5.92 Å². The number of fused-ring (bicyclic) bond motifs is 2. The molecule has 0 amide bonds. The molecular formula is C44H44F2N4O9P2. The molecule has 318 valence electrons. The van der Waals surface area contributed by atoms with E-state index in [2.05, 4.69) is 10.3 Å². The summed E-state index contributed by atoms with van der Waals surface area (Å²) in [5.41, 5.74) is -0.411. The van der Waals surface area contributed by atoms with Crippen molar-refractivity contribution in [3.05, 3.63) is 155 Å². The Balaban J connectivity index is 1.30. The lowest BCUT2D eigenvalue weighted by Gasteiger charge is -2.36. The molecule has 2 aromatic heterocycles. The fraction of sp³-hybridized carbons (Fsp3) is 0.250. The van der Waals surface area contributed by atoms with Gasteiger partial charge in [-0.3, -0.25) is 14.4 Å². The number of phosphoric acid groups is 1. The monoisotopic (exact) mass is 872 g/mol. The number of ether oxygens (including phenoxy) is 2. The Bertz CT molecular complexity index is 2730. The summed E-state index contributed by atoms with van der Waals surface area (Å²) in [5.74, 6) is 0.154. The number of hydrogen-bond acceptors (Lipinski definition) is 8. The molecule has 0 spiro atoms. The average molecular weight is 873 g/mol. The Morgan fingerprint density at radius 1 is 0.754 bits per heavy atom. The van der Waals surface area contributed by atoms with Gasteiger partial charge >= 0.3 is 21.1 Å². The molecule has 0 aliphatic heterocycles. The lowest BCUT2D eigenvalue weighted by Crippen LogP contribution is -2.40. The first-order valence-corrected chi connectivity index (χ1v) is 22.4. The van der Waals surface area contributed by atoms with E-state index in [4.69, 9.17) is 19.0 Å². The SMILES string of the molecule is COCOC(CC(C)C)c1ccc2cc(-c3ccc(CC(Cc4ccc(C(F)(F)P(=O)(O)O)cc4)(c4ccccc4)n4nnc5ccccc54)cc3)cc(OP(=O)(O)O)c2n1. The predicted molar refractivity (Wildman–Crippen MR) is 226 cm³/mol. The van der Waals surface area contributed by atoms with Gasteiger partial charge in [-0.1, -0.05) is 116 Å². The number of alkyl halides is 2. The number of phosphoric ester groups is 1. The number of hydrogen-bond donors (Lipinski definition) is 4.